The van der Waals surface area contributed by atoms with Gasteiger partial charge in [-0.1, -0.05) is 99.6 Å². The maximum absolute atomic E-state index is 5.28. The molecule has 5 heteroatoms. The van der Waals surface area contributed by atoms with Crippen LogP contribution in [0, 0.1) is 3.57 Å². The second-order valence-electron chi connectivity index (χ2n) is 9.38. The van der Waals surface area contributed by atoms with E-state index < -0.39 is 0 Å². The molecule has 8 rings (SSSR count). The van der Waals surface area contributed by atoms with Gasteiger partial charge in [0.1, 0.15) is 5.65 Å². The lowest BCUT2D eigenvalue weighted by Crippen LogP contribution is -2.21. The molecule has 0 aliphatic carbocycles. The second-order valence-corrected chi connectivity index (χ2v) is 12.1. The first kappa shape index (κ1) is 21.7. The number of hydrogen-bond acceptors (Lipinski definition) is 3. The molecule has 0 saturated carbocycles. The molecule has 0 unspecified atom stereocenters. The molecule has 0 spiro atoms. The van der Waals surface area contributed by atoms with Crippen LogP contribution < -0.4 is 4.90 Å². The van der Waals surface area contributed by atoms with E-state index in [0.29, 0.717) is 0 Å². The van der Waals surface area contributed by atoms with Crippen molar-refractivity contribution in [2.24, 2.45) is 0 Å². The SMILES string of the molecule is C1=CC2=Ic3c(nc(-c4cccc(-c5ccc(-c6cn7ccccc7n6)cc5)c4)c4ccccc34)N2C=C1. The first-order valence-electron chi connectivity index (χ1n) is 12.6. The van der Waals surface area contributed by atoms with Gasteiger partial charge in [-0.2, -0.15) is 0 Å². The van der Waals surface area contributed by atoms with Crippen LogP contribution in [0.15, 0.2) is 128 Å². The molecule has 0 amide bonds. The fourth-order valence-electron chi connectivity index (χ4n) is 5.21. The summed E-state index contributed by atoms with van der Waals surface area (Å²) in [7, 11) is 0. The maximum atomic E-state index is 5.28. The van der Waals surface area contributed by atoms with E-state index >= 15 is 0 Å². The highest BCUT2D eigenvalue weighted by Gasteiger charge is 2.26. The molecule has 3 aromatic heterocycles. The summed E-state index contributed by atoms with van der Waals surface area (Å²) in [5, 5.41) is 2.55. The fraction of sp³-hybridized carbons (Fsp3) is 0. The Hall–Kier alpha value is -4.36. The number of aromatic nitrogens is 3. The van der Waals surface area contributed by atoms with Crippen molar-refractivity contribution in [3.8, 4) is 33.6 Å². The molecule has 0 fully saturated rings. The highest BCUT2D eigenvalue weighted by molar-refractivity contribution is 14.2. The van der Waals surface area contributed by atoms with E-state index in [9.17, 15) is 0 Å². The fourth-order valence-corrected chi connectivity index (χ4v) is 8.18. The lowest BCUT2D eigenvalue weighted by atomic mass is 9.98. The van der Waals surface area contributed by atoms with Gasteiger partial charge in [-0.25, -0.2) is 9.97 Å². The van der Waals surface area contributed by atoms with E-state index in [1.165, 1.54) is 29.1 Å². The van der Waals surface area contributed by atoms with Gasteiger partial charge in [-0.15, -0.1) is 0 Å². The number of rotatable bonds is 3. The van der Waals surface area contributed by atoms with Crippen LogP contribution in [0.4, 0.5) is 5.82 Å². The molecule has 2 aliphatic rings. The van der Waals surface area contributed by atoms with Gasteiger partial charge < -0.3 is 4.40 Å². The van der Waals surface area contributed by atoms with Crippen molar-refractivity contribution in [1.29, 1.82) is 0 Å². The van der Waals surface area contributed by atoms with Crippen LogP contribution >= 0.6 is 20.7 Å². The first-order valence-corrected chi connectivity index (χ1v) is 14.7. The highest BCUT2D eigenvalue weighted by Crippen LogP contribution is 2.43. The van der Waals surface area contributed by atoms with Crippen molar-refractivity contribution in [3.05, 3.63) is 131 Å². The monoisotopic (exact) mass is 600 g/mol. The van der Waals surface area contributed by atoms with Crippen molar-refractivity contribution < 1.29 is 0 Å². The zero-order valence-electron chi connectivity index (χ0n) is 20.3. The van der Waals surface area contributed by atoms with E-state index in [1.54, 1.807) is 0 Å². The number of imidazole rings is 1. The summed E-state index contributed by atoms with van der Waals surface area (Å²) < 4.78 is 4.85. The number of hydrogen-bond donors (Lipinski definition) is 0. The normalized spacial score (nSPS) is 13.9. The Morgan fingerprint density at radius 1 is 0.658 bits per heavy atom. The van der Waals surface area contributed by atoms with Gasteiger partial charge in [0, 0.05) is 40.5 Å². The van der Waals surface area contributed by atoms with Crippen LogP contribution in [-0.4, -0.2) is 18.0 Å². The van der Waals surface area contributed by atoms with Crippen LogP contribution in [0.25, 0.3) is 50.1 Å². The van der Waals surface area contributed by atoms with Gasteiger partial charge in [-0.05, 0) is 41.5 Å². The Morgan fingerprint density at radius 2 is 1.47 bits per heavy atom. The molecule has 5 heterocycles. The zero-order valence-corrected chi connectivity index (χ0v) is 22.4. The smallest absolute Gasteiger partial charge is 0.151 e. The molecule has 0 bridgehead atoms. The first-order chi connectivity index (χ1) is 18.8. The van der Waals surface area contributed by atoms with E-state index in [1.807, 2.05) is 24.4 Å². The standard InChI is InChI=1S/C33H21IN4/c1-2-11-27-26(10-1)31-33(38-19-6-3-12-29(38)34-31)36-32(27)25-9-7-8-24(20-25)22-14-16-23(17-15-22)28-21-37-18-5-4-13-30(37)35-28/h1-21H. The summed E-state index contributed by atoms with van der Waals surface area (Å²) >= 11 is -0.262. The number of pyridine rings is 2. The highest BCUT2D eigenvalue weighted by atomic mass is 127. The van der Waals surface area contributed by atoms with Crippen molar-refractivity contribution in [3.63, 3.8) is 0 Å². The number of halogens is 1. The number of allylic oxidation sites excluding steroid dienone is 2. The summed E-state index contributed by atoms with van der Waals surface area (Å²) in [5.41, 5.74) is 7.57. The maximum Gasteiger partial charge on any atom is 0.151 e. The lowest BCUT2D eigenvalue weighted by Gasteiger charge is -2.19. The number of fused-ring (bicyclic) bond motifs is 6. The van der Waals surface area contributed by atoms with Crippen molar-refractivity contribution in [2.75, 3.05) is 4.90 Å². The minimum atomic E-state index is -0.262. The average Bonchev–Trinajstić information content (AvgIpc) is 3.59. The molecule has 0 saturated heterocycles. The van der Waals surface area contributed by atoms with Crippen LogP contribution in [0.5, 0.6) is 0 Å². The Labute approximate surface area is 230 Å². The van der Waals surface area contributed by atoms with Crippen LogP contribution in [0.3, 0.4) is 0 Å². The quantitative estimate of drug-likeness (QED) is 0.193. The van der Waals surface area contributed by atoms with E-state index in [4.69, 9.17) is 9.97 Å². The molecule has 2 aliphatic heterocycles. The van der Waals surface area contributed by atoms with Gasteiger partial charge in [0.2, 0.25) is 0 Å². The topological polar surface area (TPSA) is 33.4 Å². The molecule has 6 aromatic rings. The Balaban J connectivity index is 1.20. The molecular formula is C33H21IN4. The summed E-state index contributed by atoms with van der Waals surface area (Å²) in [6.07, 6.45) is 12.7. The third-order valence-electron chi connectivity index (χ3n) is 7.08. The van der Waals surface area contributed by atoms with E-state index in [0.717, 1.165) is 34.0 Å². The summed E-state index contributed by atoms with van der Waals surface area (Å²) in [4.78, 5) is 12.3. The molecule has 38 heavy (non-hydrogen) atoms. The van der Waals surface area contributed by atoms with E-state index in [2.05, 4.69) is 113 Å². The van der Waals surface area contributed by atoms with Gasteiger partial charge in [0.05, 0.1) is 18.6 Å². The van der Waals surface area contributed by atoms with Gasteiger partial charge in [-0.3, -0.25) is 4.90 Å². The second kappa shape index (κ2) is 8.60. The average molecular weight is 600 g/mol. The largest absolute Gasteiger partial charge is 0.306 e. The molecular weight excluding hydrogens is 579 g/mol. The predicted molar refractivity (Wildman–Crippen MR) is 165 cm³/mol. The molecule has 0 atom stereocenters. The lowest BCUT2D eigenvalue weighted by molar-refractivity contribution is 1.19. The summed E-state index contributed by atoms with van der Waals surface area (Å²) in [5.74, 6) is 1.09. The summed E-state index contributed by atoms with van der Waals surface area (Å²) in [6, 6.07) is 32.2. The molecule has 180 valence electrons. The van der Waals surface area contributed by atoms with Crippen molar-refractivity contribution in [1.82, 2.24) is 14.4 Å². The third kappa shape index (κ3) is 3.46. The summed E-state index contributed by atoms with van der Waals surface area (Å²) in [6.45, 7) is 0. The third-order valence-corrected chi connectivity index (χ3v) is 10.1. The zero-order chi connectivity index (χ0) is 25.1. The molecule has 0 N–H and O–H groups in total. The minimum absolute atomic E-state index is 0.262. The van der Waals surface area contributed by atoms with Gasteiger partial charge in [0.15, 0.2) is 5.82 Å². The van der Waals surface area contributed by atoms with Gasteiger partial charge in [0.25, 0.3) is 0 Å². The Kier molecular flexibility index (Phi) is 4.91. The van der Waals surface area contributed by atoms with Crippen molar-refractivity contribution in [2.45, 2.75) is 0 Å². The van der Waals surface area contributed by atoms with Gasteiger partial charge >= 0.3 is 0 Å². The minimum Gasteiger partial charge on any atom is -0.306 e. The predicted octanol–water partition coefficient (Wildman–Crippen LogP) is 8.06. The number of benzene rings is 3. The Bertz CT molecular complexity index is 1950. The Morgan fingerprint density at radius 3 is 2.37 bits per heavy atom. The van der Waals surface area contributed by atoms with Crippen molar-refractivity contribution >= 4 is 46.6 Å². The molecule has 3 aromatic carbocycles. The number of anilines is 1. The van der Waals surface area contributed by atoms with E-state index in [-0.39, 0.29) is 20.7 Å². The molecule has 0 radical (unpaired) electrons. The van der Waals surface area contributed by atoms with Crippen LogP contribution in [-0.2, 0) is 0 Å². The molecule has 4 nitrogen and oxygen atoms in total. The number of nitrogens with zero attached hydrogens (tertiary/aromatic N) is 4. The van der Waals surface area contributed by atoms with Crippen LogP contribution in [0.2, 0.25) is 0 Å². The van der Waals surface area contributed by atoms with Crippen LogP contribution in [0.1, 0.15) is 0 Å².